The minimum absolute atomic E-state index is 0.108. The summed E-state index contributed by atoms with van der Waals surface area (Å²) >= 11 is 5.97. The molecular weight excluding hydrogens is 292 g/mol. The van der Waals surface area contributed by atoms with Crippen LogP contribution in [0.4, 0.5) is 0 Å². The highest BCUT2D eigenvalue weighted by Crippen LogP contribution is 2.34. The lowest BCUT2D eigenvalue weighted by Crippen LogP contribution is -2.55. The molecule has 0 spiro atoms. The first kappa shape index (κ1) is 15.7. The smallest absolute Gasteiger partial charge is 0.243 e. The lowest BCUT2D eigenvalue weighted by molar-refractivity contribution is -0.142. The number of amides is 2. The fourth-order valence-corrected chi connectivity index (χ4v) is 3.24. The van der Waals surface area contributed by atoms with Crippen molar-refractivity contribution >= 4 is 23.4 Å². The van der Waals surface area contributed by atoms with Crippen molar-refractivity contribution in [3.05, 3.63) is 23.2 Å². The van der Waals surface area contributed by atoms with E-state index in [9.17, 15) is 9.59 Å². The number of nitrogens with two attached hydrogens (primary N) is 1. The van der Waals surface area contributed by atoms with Crippen molar-refractivity contribution in [3.8, 4) is 0 Å². The maximum absolute atomic E-state index is 11.9. The molecule has 0 unspecified atom stereocenters. The van der Waals surface area contributed by atoms with E-state index in [1.54, 1.807) is 11.1 Å². The number of primary amides is 1. The van der Waals surface area contributed by atoms with E-state index in [4.69, 9.17) is 17.3 Å². The van der Waals surface area contributed by atoms with E-state index >= 15 is 0 Å². The number of carbonyl (C=O) groups is 2. The average molecular weight is 311 g/mol. The van der Waals surface area contributed by atoms with Gasteiger partial charge >= 0.3 is 0 Å². The number of hydrogen-bond donors (Lipinski definition) is 1. The van der Waals surface area contributed by atoms with Gasteiger partial charge in [-0.25, -0.2) is 4.98 Å². The van der Waals surface area contributed by atoms with E-state index < -0.39 is 11.4 Å². The van der Waals surface area contributed by atoms with Gasteiger partial charge in [0, 0.05) is 25.9 Å². The topological polar surface area (TPSA) is 89.2 Å². The lowest BCUT2D eigenvalue weighted by Gasteiger charge is -2.35. The Balaban J connectivity index is 2.06. The predicted octanol–water partition coefficient (Wildman–Crippen LogP) is 1.32. The highest BCUT2D eigenvalue weighted by molar-refractivity contribution is 6.29. The summed E-state index contributed by atoms with van der Waals surface area (Å²) in [5, 5.41) is 0.375. The van der Waals surface area contributed by atoms with Crippen LogP contribution in [0, 0.1) is 0 Å². The van der Waals surface area contributed by atoms with Crippen LogP contribution >= 0.6 is 11.6 Å². The molecule has 2 N–H and O–H groups in total. The molecule has 0 radical (unpaired) electrons. The van der Waals surface area contributed by atoms with Crippen LogP contribution in [0.3, 0.4) is 0 Å². The molecule has 2 amide bonds. The Morgan fingerprint density at radius 3 is 2.76 bits per heavy atom. The second kappa shape index (κ2) is 6.39. The van der Waals surface area contributed by atoms with Crippen LogP contribution in [0.15, 0.2) is 12.4 Å². The van der Waals surface area contributed by atoms with Crippen LogP contribution in [0.25, 0.3) is 0 Å². The molecule has 114 valence electrons. The molecule has 1 aromatic heterocycles. The number of hydrogen-bond acceptors (Lipinski definition) is 4. The Morgan fingerprint density at radius 2 is 2.14 bits per heavy atom. The highest BCUT2D eigenvalue weighted by atomic mass is 35.5. The Labute approximate surface area is 128 Å². The predicted molar refractivity (Wildman–Crippen MR) is 78.5 cm³/mol. The van der Waals surface area contributed by atoms with Gasteiger partial charge in [0.05, 0.1) is 5.69 Å². The SMILES string of the molecule is CC(=O)N1CCC[C@@]1(CCCc1nccnc1Cl)C(N)=O. The van der Waals surface area contributed by atoms with E-state index in [1.165, 1.54) is 13.1 Å². The molecule has 2 heterocycles. The minimum Gasteiger partial charge on any atom is -0.368 e. The number of nitrogens with zero attached hydrogens (tertiary/aromatic N) is 3. The van der Waals surface area contributed by atoms with Gasteiger partial charge in [0.1, 0.15) is 10.7 Å². The Hall–Kier alpha value is -1.69. The first-order valence-electron chi connectivity index (χ1n) is 7.01. The summed E-state index contributed by atoms with van der Waals surface area (Å²) in [5.41, 5.74) is 5.42. The lowest BCUT2D eigenvalue weighted by atomic mass is 9.88. The average Bonchev–Trinajstić information content (AvgIpc) is 2.86. The molecule has 1 fully saturated rings. The normalized spacial score (nSPS) is 21.5. The van der Waals surface area contributed by atoms with Crippen LogP contribution < -0.4 is 5.73 Å². The van der Waals surface area contributed by atoms with Crippen molar-refractivity contribution in [1.82, 2.24) is 14.9 Å². The molecule has 1 aliphatic heterocycles. The molecular formula is C14H19ClN4O2. The summed E-state index contributed by atoms with van der Waals surface area (Å²) in [7, 11) is 0. The Bertz CT molecular complexity index is 552. The Morgan fingerprint density at radius 1 is 1.43 bits per heavy atom. The molecule has 1 aromatic rings. The van der Waals surface area contributed by atoms with Gasteiger partial charge < -0.3 is 10.6 Å². The summed E-state index contributed by atoms with van der Waals surface area (Å²) < 4.78 is 0. The standard InChI is InChI=1S/C14H19ClN4O2/c1-10(20)19-9-3-6-14(19,13(16)21)5-2-4-11-12(15)18-8-7-17-11/h7-8H,2-6,9H2,1H3,(H2,16,21)/t14-/m0/s1. The monoisotopic (exact) mass is 310 g/mol. The van der Waals surface area contributed by atoms with E-state index in [0.29, 0.717) is 43.1 Å². The third kappa shape index (κ3) is 3.15. The second-order valence-corrected chi connectivity index (χ2v) is 5.68. The van der Waals surface area contributed by atoms with Crippen molar-refractivity contribution in [2.24, 2.45) is 5.73 Å². The summed E-state index contributed by atoms with van der Waals surface area (Å²) in [5.74, 6) is -0.538. The molecule has 0 aliphatic carbocycles. The largest absolute Gasteiger partial charge is 0.368 e. The van der Waals surface area contributed by atoms with E-state index in [-0.39, 0.29) is 5.91 Å². The zero-order valence-electron chi connectivity index (χ0n) is 12.0. The van der Waals surface area contributed by atoms with Gasteiger partial charge in [0.15, 0.2) is 0 Å². The van der Waals surface area contributed by atoms with Gasteiger partial charge in [-0.3, -0.25) is 14.6 Å². The summed E-state index contributed by atoms with van der Waals surface area (Å²) in [4.78, 5) is 33.4. The fourth-order valence-electron chi connectivity index (χ4n) is 3.04. The van der Waals surface area contributed by atoms with Gasteiger partial charge in [0.25, 0.3) is 0 Å². The first-order chi connectivity index (χ1) is 9.97. The Kier molecular flexibility index (Phi) is 4.77. The molecule has 0 bridgehead atoms. The number of rotatable bonds is 5. The zero-order valence-corrected chi connectivity index (χ0v) is 12.8. The maximum atomic E-state index is 11.9. The molecule has 1 atom stereocenters. The molecule has 2 rings (SSSR count). The summed E-state index contributed by atoms with van der Waals surface area (Å²) in [6, 6.07) is 0. The van der Waals surface area contributed by atoms with Gasteiger partial charge in [-0.15, -0.1) is 0 Å². The molecule has 6 nitrogen and oxygen atoms in total. The van der Waals surface area contributed by atoms with E-state index in [2.05, 4.69) is 9.97 Å². The number of likely N-dealkylation sites (tertiary alicyclic amines) is 1. The third-order valence-corrected chi connectivity index (χ3v) is 4.37. The number of halogens is 1. The van der Waals surface area contributed by atoms with Crippen LogP contribution in [0.1, 0.15) is 38.3 Å². The van der Waals surface area contributed by atoms with Crippen molar-refractivity contribution in [3.63, 3.8) is 0 Å². The maximum Gasteiger partial charge on any atom is 0.243 e. The van der Waals surface area contributed by atoms with Crippen LogP contribution in [0.2, 0.25) is 5.15 Å². The molecule has 1 saturated heterocycles. The van der Waals surface area contributed by atoms with Crippen LogP contribution in [0.5, 0.6) is 0 Å². The van der Waals surface area contributed by atoms with Crippen molar-refractivity contribution in [2.75, 3.05) is 6.54 Å². The van der Waals surface area contributed by atoms with E-state index in [1.807, 2.05) is 0 Å². The molecule has 1 aliphatic rings. The van der Waals surface area contributed by atoms with Crippen molar-refractivity contribution in [1.29, 1.82) is 0 Å². The third-order valence-electron chi connectivity index (χ3n) is 4.05. The molecule has 7 heteroatoms. The zero-order chi connectivity index (χ0) is 15.5. The van der Waals surface area contributed by atoms with Crippen molar-refractivity contribution in [2.45, 2.75) is 44.6 Å². The van der Waals surface area contributed by atoms with Crippen LogP contribution in [-0.4, -0.2) is 38.8 Å². The minimum atomic E-state index is -0.861. The molecule has 21 heavy (non-hydrogen) atoms. The quantitative estimate of drug-likeness (QED) is 0.888. The van der Waals surface area contributed by atoms with Gasteiger partial charge in [-0.1, -0.05) is 11.6 Å². The molecule has 0 saturated carbocycles. The van der Waals surface area contributed by atoms with Crippen LogP contribution in [-0.2, 0) is 16.0 Å². The van der Waals surface area contributed by atoms with E-state index in [0.717, 1.165) is 6.42 Å². The van der Waals surface area contributed by atoms with Gasteiger partial charge in [0.2, 0.25) is 11.8 Å². The summed E-state index contributed by atoms with van der Waals surface area (Å²) in [6.07, 6.45) is 6.34. The number of aryl methyl sites for hydroxylation is 1. The highest BCUT2D eigenvalue weighted by Gasteiger charge is 2.46. The fraction of sp³-hybridized carbons (Fsp3) is 0.571. The second-order valence-electron chi connectivity index (χ2n) is 5.32. The van der Waals surface area contributed by atoms with Crippen molar-refractivity contribution < 1.29 is 9.59 Å². The number of carbonyl (C=O) groups excluding carboxylic acids is 2. The first-order valence-corrected chi connectivity index (χ1v) is 7.38. The van der Waals surface area contributed by atoms with Gasteiger partial charge in [-0.05, 0) is 32.1 Å². The molecule has 0 aromatic carbocycles. The summed E-state index contributed by atoms with van der Waals surface area (Å²) in [6.45, 7) is 2.06. The van der Waals surface area contributed by atoms with Gasteiger partial charge in [-0.2, -0.15) is 0 Å². The number of aromatic nitrogens is 2.